The standard InChI is InChI=1S/C25H25N3O5S/c1-18-13-19(2)15-21(14-18)28(34(30,31)22-8-4-3-5-9-22)17-24(29)27-26-16-20-7-6-10-23-25(20)33-12-11-32-23/h3-10,13-16H,11-12,17H2,1-2H3,(H,27,29)/b26-16-. The van der Waals surface area contributed by atoms with Gasteiger partial charge in [-0.3, -0.25) is 9.10 Å². The van der Waals surface area contributed by atoms with Crippen LogP contribution in [0, 0.1) is 13.8 Å². The van der Waals surface area contributed by atoms with Gasteiger partial charge in [-0.25, -0.2) is 13.8 Å². The van der Waals surface area contributed by atoms with Crippen LogP contribution in [0.3, 0.4) is 0 Å². The van der Waals surface area contributed by atoms with Crippen molar-refractivity contribution >= 4 is 27.8 Å². The molecule has 34 heavy (non-hydrogen) atoms. The summed E-state index contributed by atoms with van der Waals surface area (Å²) in [7, 11) is -3.99. The van der Waals surface area contributed by atoms with Crippen LogP contribution in [0.5, 0.6) is 11.5 Å². The summed E-state index contributed by atoms with van der Waals surface area (Å²) in [5.74, 6) is 0.573. The summed E-state index contributed by atoms with van der Waals surface area (Å²) in [4.78, 5) is 12.9. The third-order valence-corrected chi connectivity index (χ3v) is 6.89. The predicted molar refractivity (Wildman–Crippen MR) is 130 cm³/mol. The number of carbonyl (C=O) groups is 1. The monoisotopic (exact) mass is 479 g/mol. The van der Waals surface area contributed by atoms with E-state index in [-0.39, 0.29) is 4.90 Å². The molecule has 0 fully saturated rings. The number of hydrogen-bond donors (Lipinski definition) is 1. The number of hydrogen-bond acceptors (Lipinski definition) is 6. The molecule has 1 N–H and O–H groups in total. The number of anilines is 1. The Morgan fingerprint density at radius 2 is 1.71 bits per heavy atom. The van der Waals surface area contributed by atoms with Gasteiger partial charge in [-0.15, -0.1) is 0 Å². The van der Waals surface area contributed by atoms with Crippen molar-refractivity contribution in [3.8, 4) is 11.5 Å². The maximum absolute atomic E-state index is 13.4. The number of para-hydroxylation sites is 1. The Morgan fingerprint density at radius 1 is 1.00 bits per heavy atom. The van der Waals surface area contributed by atoms with Crippen LogP contribution < -0.4 is 19.2 Å². The first-order valence-corrected chi connectivity index (χ1v) is 12.2. The molecule has 0 unspecified atom stereocenters. The second-order valence-electron chi connectivity index (χ2n) is 7.84. The number of fused-ring (bicyclic) bond motifs is 1. The van der Waals surface area contributed by atoms with Gasteiger partial charge in [-0.05, 0) is 61.4 Å². The van der Waals surface area contributed by atoms with Crippen molar-refractivity contribution in [1.29, 1.82) is 0 Å². The average Bonchev–Trinajstić information content (AvgIpc) is 2.82. The van der Waals surface area contributed by atoms with Crippen LogP contribution in [-0.2, 0) is 14.8 Å². The molecular formula is C25H25N3O5S. The lowest BCUT2D eigenvalue weighted by Gasteiger charge is -2.24. The summed E-state index contributed by atoms with van der Waals surface area (Å²) in [6.45, 7) is 4.20. The predicted octanol–water partition coefficient (Wildman–Crippen LogP) is 3.42. The molecule has 0 saturated heterocycles. The number of hydrazone groups is 1. The Kier molecular flexibility index (Phi) is 6.83. The highest BCUT2D eigenvalue weighted by molar-refractivity contribution is 7.92. The fraction of sp³-hybridized carbons (Fsp3) is 0.200. The number of nitrogens with zero attached hydrogens (tertiary/aromatic N) is 2. The number of nitrogens with one attached hydrogen (secondary N) is 1. The van der Waals surface area contributed by atoms with E-state index in [9.17, 15) is 13.2 Å². The smallest absolute Gasteiger partial charge is 0.264 e. The Bertz CT molecular complexity index is 1300. The van der Waals surface area contributed by atoms with Crippen molar-refractivity contribution in [2.75, 3.05) is 24.1 Å². The van der Waals surface area contributed by atoms with E-state index in [1.165, 1.54) is 18.3 Å². The van der Waals surface area contributed by atoms with Gasteiger partial charge in [0.25, 0.3) is 15.9 Å². The highest BCUT2D eigenvalue weighted by Crippen LogP contribution is 2.32. The van der Waals surface area contributed by atoms with E-state index in [0.717, 1.165) is 15.4 Å². The van der Waals surface area contributed by atoms with Gasteiger partial charge in [0.05, 0.1) is 16.8 Å². The van der Waals surface area contributed by atoms with Gasteiger partial charge in [0, 0.05) is 5.56 Å². The van der Waals surface area contributed by atoms with E-state index in [1.807, 2.05) is 19.9 Å². The summed E-state index contributed by atoms with van der Waals surface area (Å²) in [5.41, 5.74) is 5.24. The molecule has 0 spiro atoms. The second-order valence-corrected chi connectivity index (χ2v) is 9.70. The van der Waals surface area contributed by atoms with Crippen molar-refractivity contribution in [3.63, 3.8) is 0 Å². The van der Waals surface area contributed by atoms with Crippen LogP contribution in [0.2, 0.25) is 0 Å². The molecule has 1 amide bonds. The second kappa shape index (κ2) is 9.96. The van der Waals surface area contributed by atoms with Crippen molar-refractivity contribution in [1.82, 2.24) is 5.43 Å². The largest absolute Gasteiger partial charge is 0.486 e. The molecule has 4 rings (SSSR count). The summed E-state index contributed by atoms with van der Waals surface area (Å²) in [6.07, 6.45) is 1.44. The zero-order valence-electron chi connectivity index (χ0n) is 18.9. The van der Waals surface area contributed by atoms with Gasteiger partial charge in [-0.2, -0.15) is 5.10 Å². The van der Waals surface area contributed by atoms with Crippen LogP contribution >= 0.6 is 0 Å². The summed E-state index contributed by atoms with van der Waals surface area (Å²) in [5, 5.41) is 4.00. The van der Waals surface area contributed by atoms with Gasteiger partial charge in [0.2, 0.25) is 0 Å². The zero-order chi connectivity index (χ0) is 24.1. The van der Waals surface area contributed by atoms with E-state index < -0.39 is 22.5 Å². The Balaban J connectivity index is 1.57. The number of ether oxygens (including phenoxy) is 2. The number of benzene rings is 3. The Morgan fingerprint density at radius 3 is 2.44 bits per heavy atom. The highest BCUT2D eigenvalue weighted by atomic mass is 32.2. The molecule has 3 aromatic rings. The lowest BCUT2D eigenvalue weighted by Crippen LogP contribution is -2.39. The topological polar surface area (TPSA) is 97.3 Å². The molecule has 9 heteroatoms. The fourth-order valence-corrected chi connectivity index (χ4v) is 5.09. The lowest BCUT2D eigenvalue weighted by molar-refractivity contribution is -0.119. The molecule has 0 bridgehead atoms. The average molecular weight is 480 g/mol. The molecule has 0 atom stereocenters. The minimum atomic E-state index is -3.99. The quantitative estimate of drug-likeness (QED) is 0.414. The van der Waals surface area contributed by atoms with Gasteiger partial charge in [-0.1, -0.05) is 30.3 Å². The zero-order valence-corrected chi connectivity index (χ0v) is 19.7. The molecule has 0 saturated carbocycles. The minimum absolute atomic E-state index is 0.0959. The minimum Gasteiger partial charge on any atom is -0.486 e. The van der Waals surface area contributed by atoms with E-state index in [0.29, 0.717) is 36.0 Å². The normalized spacial score (nSPS) is 13.0. The van der Waals surface area contributed by atoms with Gasteiger partial charge in [0.1, 0.15) is 19.8 Å². The molecule has 0 aliphatic carbocycles. The summed E-state index contributed by atoms with van der Waals surface area (Å²) in [6, 6.07) is 18.8. The lowest BCUT2D eigenvalue weighted by atomic mass is 10.1. The van der Waals surface area contributed by atoms with E-state index in [4.69, 9.17) is 9.47 Å². The van der Waals surface area contributed by atoms with E-state index in [2.05, 4.69) is 10.5 Å². The molecule has 0 aromatic heterocycles. The third-order valence-electron chi connectivity index (χ3n) is 5.10. The third kappa shape index (κ3) is 5.20. The molecular weight excluding hydrogens is 454 g/mol. The van der Waals surface area contributed by atoms with Gasteiger partial charge >= 0.3 is 0 Å². The first kappa shape index (κ1) is 23.3. The van der Waals surface area contributed by atoms with Crippen LogP contribution in [0.4, 0.5) is 5.69 Å². The molecule has 1 aliphatic rings. The Labute approximate surface area is 198 Å². The van der Waals surface area contributed by atoms with Crippen LogP contribution in [-0.4, -0.2) is 40.3 Å². The maximum Gasteiger partial charge on any atom is 0.264 e. The maximum atomic E-state index is 13.4. The molecule has 0 radical (unpaired) electrons. The van der Waals surface area contributed by atoms with Crippen molar-refractivity contribution in [2.45, 2.75) is 18.7 Å². The van der Waals surface area contributed by atoms with Gasteiger partial charge < -0.3 is 9.47 Å². The fourth-order valence-electron chi connectivity index (χ4n) is 3.67. The van der Waals surface area contributed by atoms with E-state index >= 15 is 0 Å². The van der Waals surface area contributed by atoms with Crippen LogP contribution in [0.15, 0.2) is 76.7 Å². The molecule has 1 aliphatic heterocycles. The van der Waals surface area contributed by atoms with Crippen LogP contribution in [0.1, 0.15) is 16.7 Å². The number of aryl methyl sites for hydroxylation is 2. The van der Waals surface area contributed by atoms with Crippen molar-refractivity contribution < 1.29 is 22.7 Å². The van der Waals surface area contributed by atoms with Gasteiger partial charge in [0.15, 0.2) is 11.5 Å². The molecule has 176 valence electrons. The molecule has 3 aromatic carbocycles. The summed E-state index contributed by atoms with van der Waals surface area (Å²) < 4.78 is 39.1. The van der Waals surface area contributed by atoms with Crippen LogP contribution in [0.25, 0.3) is 0 Å². The number of sulfonamides is 1. The number of carbonyl (C=O) groups excluding carboxylic acids is 1. The Hall–Kier alpha value is -3.85. The number of rotatable bonds is 7. The van der Waals surface area contributed by atoms with E-state index in [1.54, 1.807) is 48.5 Å². The van der Waals surface area contributed by atoms with Crippen molar-refractivity contribution in [2.24, 2.45) is 5.10 Å². The SMILES string of the molecule is Cc1cc(C)cc(N(CC(=O)N/N=C\c2cccc3c2OCCO3)S(=O)(=O)c2ccccc2)c1. The highest BCUT2D eigenvalue weighted by Gasteiger charge is 2.27. The first-order chi connectivity index (χ1) is 16.3. The molecule has 8 nitrogen and oxygen atoms in total. The van der Waals surface area contributed by atoms with Crippen molar-refractivity contribution in [3.05, 3.63) is 83.4 Å². The summed E-state index contributed by atoms with van der Waals surface area (Å²) >= 11 is 0. The first-order valence-electron chi connectivity index (χ1n) is 10.7. The molecule has 1 heterocycles. The number of amides is 1.